The van der Waals surface area contributed by atoms with Gasteiger partial charge >= 0.3 is 0 Å². The molecule has 0 fully saturated rings. The number of hydrogen-bond donors (Lipinski definition) is 0. The maximum absolute atomic E-state index is 11.6. The molecular formula is C19H20N2O2S. The lowest BCUT2D eigenvalue weighted by atomic mass is 10.1. The van der Waals surface area contributed by atoms with Crippen molar-refractivity contribution in [2.75, 3.05) is 6.26 Å². The summed E-state index contributed by atoms with van der Waals surface area (Å²) in [5.41, 5.74) is 5.13. The van der Waals surface area contributed by atoms with Crippen molar-refractivity contribution in [1.82, 2.24) is 9.78 Å². The Labute approximate surface area is 142 Å². The highest BCUT2D eigenvalue weighted by molar-refractivity contribution is 7.90. The SMILES string of the molecule is CCc1cc(-c2ccc(C)cc2)n(-c2ccc(S(C)(=O)=O)cc2)n1. The van der Waals surface area contributed by atoms with Crippen LogP contribution in [0.1, 0.15) is 18.2 Å². The molecule has 5 heteroatoms. The summed E-state index contributed by atoms with van der Waals surface area (Å²) in [7, 11) is -3.20. The van der Waals surface area contributed by atoms with E-state index in [1.165, 1.54) is 11.8 Å². The number of aromatic nitrogens is 2. The molecule has 0 aliphatic heterocycles. The Morgan fingerprint density at radius 3 is 2.17 bits per heavy atom. The van der Waals surface area contributed by atoms with Gasteiger partial charge in [0.15, 0.2) is 9.84 Å². The molecule has 0 radical (unpaired) electrons. The number of nitrogens with zero attached hydrogens (tertiary/aromatic N) is 2. The first kappa shape index (κ1) is 16.5. The summed E-state index contributed by atoms with van der Waals surface area (Å²) in [6.45, 7) is 4.13. The first-order valence-electron chi connectivity index (χ1n) is 7.85. The van der Waals surface area contributed by atoms with Crippen LogP contribution in [-0.2, 0) is 16.3 Å². The molecule has 0 saturated heterocycles. The Morgan fingerprint density at radius 2 is 1.62 bits per heavy atom. The van der Waals surface area contributed by atoms with Gasteiger partial charge in [0.05, 0.1) is 22.0 Å². The summed E-state index contributed by atoms with van der Waals surface area (Å²) in [5, 5.41) is 4.66. The second-order valence-electron chi connectivity index (χ2n) is 5.92. The second-order valence-corrected chi connectivity index (χ2v) is 7.93. The molecule has 0 unspecified atom stereocenters. The highest BCUT2D eigenvalue weighted by atomic mass is 32.2. The predicted molar refractivity (Wildman–Crippen MR) is 96.2 cm³/mol. The first-order valence-corrected chi connectivity index (χ1v) is 9.74. The second kappa shape index (κ2) is 6.24. The van der Waals surface area contributed by atoms with Gasteiger partial charge in [0.1, 0.15) is 0 Å². The van der Waals surface area contributed by atoms with Gasteiger partial charge < -0.3 is 0 Å². The summed E-state index contributed by atoms with van der Waals surface area (Å²) in [6.07, 6.45) is 2.05. The number of aryl methyl sites for hydroxylation is 2. The molecule has 3 rings (SSSR count). The molecule has 0 amide bonds. The van der Waals surface area contributed by atoms with Gasteiger partial charge in [-0.05, 0) is 43.7 Å². The van der Waals surface area contributed by atoms with Crippen molar-refractivity contribution in [2.45, 2.75) is 25.2 Å². The van der Waals surface area contributed by atoms with Crippen LogP contribution in [-0.4, -0.2) is 24.5 Å². The van der Waals surface area contributed by atoms with Crippen molar-refractivity contribution in [3.8, 4) is 16.9 Å². The lowest BCUT2D eigenvalue weighted by molar-refractivity contribution is 0.602. The Bertz CT molecular complexity index is 954. The van der Waals surface area contributed by atoms with E-state index in [4.69, 9.17) is 0 Å². The molecule has 0 bridgehead atoms. The average molecular weight is 340 g/mol. The number of rotatable bonds is 4. The zero-order chi connectivity index (χ0) is 17.3. The summed E-state index contributed by atoms with van der Waals surface area (Å²) in [6, 6.07) is 17.2. The van der Waals surface area contributed by atoms with Crippen LogP contribution in [0.15, 0.2) is 59.5 Å². The van der Waals surface area contributed by atoms with E-state index in [1.54, 1.807) is 24.3 Å². The van der Waals surface area contributed by atoms with E-state index in [0.29, 0.717) is 4.90 Å². The minimum absolute atomic E-state index is 0.311. The highest BCUT2D eigenvalue weighted by Gasteiger charge is 2.12. The van der Waals surface area contributed by atoms with Crippen LogP contribution in [0.5, 0.6) is 0 Å². The van der Waals surface area contributed by atoms with Crippen molar-refractivity contribution in [2.24, 2.45) is 0 Å². The molecule has 0 atom stereocenters. The number of sulfone groups is 1. The van der Waals surface area contributed by atoms with Crippen molar-refractivity contribution in [3.63, 3.8) is 0 Å². The molecule has 1 heterocycles. The van der Waals surface area contributed by atoms with E-state index >= 15 is 0 Å². The van der Waals surface area contributed by atoms with Gasteiger partial charge in [0.2, 0.25) is 0 Å². The minimum atomic E-state index is -3.20. The standard InChI is InChI=1S/C19H20N2O2S/c1-4-16-13-19(15-7-5-14(2)6-8-15)21(20-16)17-9-11-18(12-10-17)24(3,22)23/h5-13H,4H2,1-3H3. The molecule has 1 aromatic heterocycles. The molecule has 4 nitrogen and oxygen atoms in total. The Morgan fingerprint density at radius 1 is 1.00 bits per heavy atom. The third kappa shape index (κ3) is 3.26. The monoisotopic (exact) mass is 340 g/mol. The molecule has 0 aliphatic rings. The lowest BCUT2D eigenvalue weighted by Gasteiger charge is -2.09. The largest absolute Gasteiger partial charge is 0.233 e. The molecule has 124 valence electrons. The molecule has 24 heavy (non-hydrogen) atoms. The van der Waals surface area contributed by atoms with E-state index in [0.717, 1.165) is 29.1 Å². The Balaban J connectivity index is 2.10. The van der Waals surface area contributed by atoms with Gasteiger partial charge in [-0.25, -0.2) is 13.1 Å². The first-order chi connectivity index (χ1) is 11.4. The quantitative estimate of drug-likeness (QED) is 0.725. The van der Waals surface area contributed by atoms with E-state index in [-0.39, 0.29) is 0 Å². The van der Waals surface area contributed by atoms with Gasteiger partial charge in [-0.2, -0.15) is 5.10 Å². The minimum Gasteiger partial charge on any atom is -0.233 e. The maximum atomic E-state index is 11.6. The molecule has 0 spiro atoms. The average Bonchev–Trinajstić information content (AvgIpc) is 2.99. The van der Waals surface area contributed by atoms with Crippen LogP contribution in [0.3, 0.4) is 0 Å². The van der Waals surface area contributed by atoms with E-state index < -0.39 is 9.84 Å². The fraction of sp³-hybridized carbons (Fsp3) is 0.211. The van der Waals surface area contributed by atoms with Crippen LogP contribution in [0, 0.1) is 6.92 Å². The van der Waals surface area contributed by atoms with Gasteiger partial charge in [0, 0.05) is 11.8 Å². The Kier molecular flexibility index (Phi) is 4.28. The number of hydrogen-bond acceptors (Lipinski definition) is 3. The van der Waals surface area contributed by atoms with Crippen LogP contribution >= 0.6 is 0 Å². The summed E-state index contributed by atoms with van der Waals surface area (Å²) >= 11 is 0. The van der Waals surface area contributed by atoms with E-state index in [2.05, 4.69) is 49.3 Å². The van der Waals surface area contributed by atoms with Crippen LogP contribution < -0.4 is 0 Å². The Hall–Kier alpha value is -2.40. The van der Waals surface area contributed by atoms with Crippen molar-refractivity contribution >= 4 is 9.84 Å². The third-order valence-corrected chi connectivity index (χ3v) is 5.11. The lowest BCUT2D eigenvalue weighted by Crippen LogP contribution is -2.02. The predicted octanol–water partition coefficient (Wildman–Crippen LogP) is 3.81. The van der Waals surface area contributed by atoms with Crippen molar-refractivity contribution in [1.29, 1.82) is 0 Å². The normalized spacial score (nSPS) is 11.6. The van der Waals surface area contributed by atoms with Gasteiger partial charge in [-0.1, -0.05) is 36.8 Å². The van der Waals surface area contributed by atoms with Gasteiger partial charge in [-0.3, -0.25) is 0 Å². The van der Waals surface area contributed by atoms with Crippen molar-refractivity contribution < 1.29 is 8.42 Å². The van der Waals surface area contributed by atoms with Gasteiger partial charge in [-0.15, -0.1) is 0 Å². The molecule has 0 N–H and O–H groups in total. The molecule has 0 saturated carbocycles. The number of benzene rings is 2. The van der Waals surface area contributed by atoms with Crippen LogP contribution in [0.25, 0.3) is 16.9 Å². The van der Waals surface area contributed by atoms with Crippen molar-refractivity contribution in [3.05, 3.63) is 65.9 Å². The maximum Gasteiger partial charge on any atom is 0.175 e. The highest BCUT2D eigenvalue weighted by Crippen LogP contribution is 2.25. The third-order valence-electron chi connectivity index (χ3n) is 3.98. The van der Waals surface area contributed by atoms with Gasteiger partial charge in [0.25, 0.3) is 0 Å². The fourth-order valence-corrected chi connectivity index (χ4v) is 3.19. The summed E-state index contributed by atoms with van der Waals surface area (Å²) in [4.78, 5) is 0.311. The summed E-state index contributed by atoms with van der Waals surface area (Å²) in [5.74, 6) is 0. The zero-order valence-electron chi connectivity index (χ0n) is 14.0. The van der Waals surface area contributed by atoms with E-state index in [1.807, 2.05) is 4.68 Å². The smallest absolute Gasteiger partial charge is 0.175 e. The fourth-order valence-electron chi connectivity index (χ4n) is 2.56. The summed E-state index contributed by atoms with van der Waals surface area (Å²) < 4.78 is 25.1. The van der Waals surface area contributed by atoms with Crippen LogP contribution in [0.2, 0.25) is 0 Å². The molecule has 3 aromatic rings. The van der Waals surface area contributed by atoms with E-state index in [9.17, 15) is 8.42 Å². The molecule has 2 aromatic carbocycles. The molecule has 0 aliphatic carbocycles. The molecular weight excluding hydrogens is 320 g/mol. The zero-order valence-corrected chi connectivity index (χ0v) is 14.8. The van der Waals surface area contributed by atoms with Crippen LogP contribution in [0.4, 0.5) is 0 Å². The topological polar surface area (TPSA) is 52.0 Å².